The zero-order valence-corrected chi connectivity index (χ0v) is 48.5. The zero-order chi connectivity index (χ0) is 48.1. The Hall–Kier alpha value is -3.56. The molecule has 0 N–H and O–H groups in total. The second kappa shape index (κ2) is 17.1. The average Bonchev–Trinajstić information content (AvgIpc) is 3.72. The Kier molecular flexibility index (Phi) is 12.7. The van der Waals surface area contributed by atoms with E-state index in [4.69, 9.17) is 0 Å². The van der Waals surface area contributed by atoms with Crippen molar-refractivity contribution in [2.24, 2.45) is 0 Å². The van der Waals surface area contributed by atoms with E-state index in [0.717, 1.165) is 0 Å². The normalized spacial score (nSPS) is 14.0. The molecule has 2 radical (unpaired) electrons. The van der Waals surface area contributed by atoms with E-state index in [0.29, 0.717) is 0 Å². The number of hydrogen-bond acceptors (Lipinski definition) is 0. The van der Waals surface area contributed by atoms with Crippen LogP contribution < -0.4 is 7.02 Å². The Labute approximate surface area is 421 Å². The van der Waals surface area contributed by atoms with Gasteiger partial charge in [0.05, 0.1) is 0 Å². The van der Waals surface area contributed by atoms with Crippen molar-refractivity contribution >= 4 is 61.4 Å². The molecular weight excluding hydrogens is 1010 g/mol. The minimum atomic E-state index is -1.41. The van der Waals surface area contributed by atoms with E-state index in [1.807, 2.05) is 0 Å². The van der Waals surface area contributed by atoms with Crippen LogP contribution in [0.1, 0.15) is 180 Å². The van der Waals surface area contributed by atoms with Crippen LogP contribution in [0.15, 0.2) is 128 Å². The molecule has 0 heterocycles. The molecular formula is C64H74Sb2. The molecule has 0 nitrogen and oxygen atoms in total. The van der Waals surface area contributed by atoms with Crippen LogP contribution in [0.25, 0.3) is 33.4 Å². The molecule has 0 atom stereocenters. The molecule has 0 saturated carbocycles. The summed E-state index contributed by atoms with van der Waals surface area (Å²) in [7, 11) is 0. The molecule has 8 rings (SSSR count). The summed E-state index contributed by atoms with van der Waals surface area (Å²) in [6.07, 6.45) is 0. The van der Waals surface area contributed by atoms with Gasteiger partial charge in [0.1, 0.15) is 0 Å². The predicted octanol–water partition coefficient (Wildman–Crippen LogP) is 15.7. The van der Waals surface area contributed by atoms with Crippen molar-refractivity contribution in [1.29, 1.82) is 0 Å². The van der Waals surface area contributed by atoms with E-state index in [1.165, 1.54) is 89.0 Å². The van der Waals surface area contributed by atoms with E-state index in [2.05, 4.69) is 246 Å². The SMILES string of the molecule is CC(C)(C)c1cc(C(C)(C)C)[c]([Sb][C]([C]([Sb][c]2c(C(C)(C)C)cc(C(C)(C)C)cc2C(C)(C)C)=C2c3ccccc3-c3ccccc32)=C2c3ccccc3-c3ccccc32)c(C(C)(C)C)c1. The van der Waals surface area contributed by atoms with Crippen molar-refractivity contribution in [3.8, 4) is 22.3 Å². The van der Waals surface area contributed by atoms with Crippen LogP contribution >= 0.6 is 0 Å². The molecule has 0 aliphatic heterocycles. The van der Waals surface area contributed by atoms with Crippen molar-refractivity contribution in [3.63, 3.8) is 0 Å². The first-order valence-electron chi connectivity index (χ1n) is 24.3. The summed E-state index contributed by atoms with van der Waals surface area (Å²) < 4.78 is 6.60. The van der Waals surface area contributed by atoms with Gasteiger partial charge in [-0.1, -0.05) is 0 Å². The fourth-order valence-corrected chi connectivity index (χ4v) is 22.3. The van der Waals surface area contributed by atoms with Crippen LogP contribution in [0, 0.1) is 0 Å². The summed E-state index contributed by atoms with van der Waals surface area (Å²) >= 11 is -2.82. The molecule has 0 spiro atoms. The van der Waals surface area contributed by atoms with Gasteiger partial charge in [0, 0.05) is 0 Å². The molecule has 0 saturated heterocycles. The van der Waals surface area contributed by atoms with E-state index in [9.17, 15) is 0 Å². The van der Waals surface area contributed by atoms with Crippen LogP contribution in [-0.2, 0) is 32.5 Å². The maximum atomic E-state index is 2.63. The topological polar surface area (TPSA) is 0 Å². The average molecular weight is 1090 g/mol. The second-order valence-electron chi connectivity index (χ2n) is 25.2. The molecule has 0 amide bonds. The quantitative estimate of drug-likeness (QED) is 0.151. The molecule has 6 aromatic carbocycles. The molecule has 0 unspecified atom stereocenters. The van der Waals surface area contributed by atoms with Gasteiger partial charge in [0.25, 0.3) is 0 Å². The summed E-state index contributed by atoms with van der Waals surface area (Å²) in [6.45, 7) is 44.0. The van der Waals surface area contributed by atoms with Crippen molar-refractivity contribution < 1.29 is 0 Å². The Bertz CT molecular complexity index is 2570. The van der Waals surface area contributed by atoms with E-state index in [-0.39, 0.29) is 32.5 Å². The minimum absolute atomic E-state index is 0.0236. The van der Waals surface area contributed by atoms with Crippen LogP contribution in [0.2, 0.25) is 0 Å². The number of rotatable bonds is 5. The van der Waals surface area contributed by atoms with Gasteiger partial charge in [-0.25, -0.2) is 0 Å². The van der Waals surface area contributed by atoms with Crippen molar-refractivity contribution in [3.05, 3.63) is 184 Å². The van der Waals surface area contributed by atoms with Gasteiger partial charge in [-0.15, -0.1) is 0 Å². The van der Waals surface area contributed by atoms with Crippen LogP contribution in [0.3, 0.4) is 0 Å². The first-order valence-corrected chi connectivity index (χ1v) is 29.4. The van der Waals surface area contributed by atoms with Gasteiger partial charge in [-0.3, -0.25) is 0 Å². The standard InChI is InChI=1S/C28H16.2C18H29.2Sb/c1-5-13-23-19(9-1)20-10-2-6-14-24(20)27(23)17-18-28-25-15-7-3-11-21(25)22-12-4-8-16-26(22)28;2*1-16(2,3)13-10-14(17(4,5)6)12-15(11-13)18(7,8)9;;/h1-16H;2*10-11H,1-9H3;;. The van der Waals surface area contributed by atoms with Crippen molar-refractivity contribution in [2.75, 3.05) is 0 Å². The van der Waals surface area contributed by atoms with Crippen LogP contribution in [0.4, 0.5) is 0 Å². The van der Waals surface area contributed by atoms with Crippen molar-refractivity contribution in [2.45, 2.75) is 157 Å². The molecule has 340 valence electrons. The number of allylic oxidation sites excluding steroid dienone is 2. The molecule has 2 heteroatoms. The van der Waals surface area contributed by atoms with E-state index in [1.54, 1.807) is 14.1 Å². The fraction of sp³-hybridized carbons (Fsp3) is 0.375. The Morgan fingerprint density at radius 2 is 0.470 bits per heavy atom. The van der Waals surface area contributed by atoms with E-state index < -0.39 is 43.2 Å². The monoisotopic (exact) mass is 1080 g/mol. The molecule has 66 heavy (non-hydrogen) atoms. The third-order valence-electron chi connectivity index (χ3n) is 13.7. The molecule has 2 aliphatic rings. The van der Waals surface area contributed by atoms with Gasteiger partial charge in [0.2, 0.25) is 0 Å². The van der Waals surface area contributed by atoms with Gasteiger partial charge in [-0.2, -0.15) is 0 Å². The molecule has 2 aliphatic carbocycles. The van der Waals surface area contributed by atoms with Crippen molar-refractivity contribution in [1.82, 2.24) is 0 Å². The van der Waals surface area contributed by atoms with Crippen LogP contribution in [-0.4, -0.2) is 43.2 Å². The summed E-state index contributed by atoms with van der Waals surface area (Å²) in [4.78, 5) is 0. The second-order valence-corrected chi connectivity index (χ2v) is 31.6. The summed E-state index contributed by atoms with van der Waals surface area (Å²) in [6, 6.07) is 48.0. The third-order valence-corrected chi connectivity index (χ3v) is 23.1. The fourth-order valence-electron chi connectivity index (χ4n) is 9.89. The Morgan fingerprint density at radius 3 is 0.652 bits per heavy atom. The number of benzene rings is 6. The molecule has 0 aromatic heterocycles. The number of hydrogen-bond donors (Lipinski definition) is 0. The predicted molar refractivity (Wildman–Crippen MR) is 292 cm³/mol. The Balaban J connectivity index is 1.62. The van der Waals surface area contributed by atoms with Gasteiger partial charge in [-0.05, 0) is 0 Å². The number of fused-ring (bicyclic) bond motifs is 6. The molecule has 6 aromatic rings. The van der Waals surface area contributed by atoms with E-state index >= 15 is 0 Å². The Morgan fingerprint density at radius 1 is 0.273 bits per heavy atom. The molecule has 0 fully saturated rings. The summed E-state index contributed by atoms with van der Waals surface area (Å²) in [5.74, 6) is 0. The summed E-state index contributed by atoms with van der Waals surface area (Å²) in [5, 5.41) is 0. The van der Waals surface area contributed by atoms with Gasteiger partial charge < -0.3 is 0 Å². The molecule has 0 bridgehead atoms. The summed E-state index contributed by atoms with van der Waals surface area (Å²) in [5.41, 5.74) is 22.9. The first-order chi connectivity index (χ1) is 30.6. The maximum absolute atomic E-state index is 2.63. The van der Waals surface area contributed by atoms with Gasteiger partial charge in [0.15, 0.2) is 0 Å². The first kappa shape index (κ1) is 48.9. The van der Waals surface area contributed by atoms with Crippen LogP contribution in [0.5, 0.6) is 0 Å². The third kappa shape index (κ3) is 9.19. The van der Waals surface area contributed by atoms with Gasteiger partial charge >= 0.3 is 425 Å². The zero-order valence-electron chi connectivity index (χ0n) is 43.4.